The molecule has 0 unspecified atom stereocenters. The zero-order chi connectivity index (χ0) is 12.3. The number of rotatable bonds is 5. The van der Waals surface area contributed by atoms with Gasteiger partial charge in [-0.05, 0) is 19.3 Å². The van der Waals surface area contributed by atoms with E-state index in [4.69, 9.17) is 15.9 Å². The van der Waals surface area contributed by atoms with E-state index < -0.39 is 0 Å². The number of ether oxygens (including phenoxy) is 1. The number of nitrogen functional groups attached to an aromatic ring is 1. The van der Waals surface area contributed by atoms with Gasteiger partial charge in [-0.15, -0.1) is 0 Å². The van der Waals surface area contributed by atoms with E-state index in [9.17, 15) is 0 Å². The van der Waals surface area contributed by atoms with Crippen LogP contribution in [0.3, 0.4) is 0 Å². The molecule has 5 heteroatoms. The topological polar surface area (TPSA) is 76.9 Å². The van der Waals surface area contributed by atoms with Crippen LogP contribution in [-0.4, -0.2) is 22.2 Å². The first-order valence-corrected chi connectivity index (χ1v) is 5.44. The van der Waals surface area contributed by atoms with Gasteiger partial charge in [0.15, 0.2) is 0 Å². The van der Waals surface area contributed by atoms with Gasteiger partial charge in [0.25, 0.3) is 0 Å². The fraction of sp³-hybridized carbons (Fsp3) is 0.636. The van der Waals surface area contributed by atoms with Crippen LogP contribution < -0.4 is 10.5 Å². The molecule has 90 valence electrons. The molecule has 16 heavy (non-hydrogen) atoms. The Morgan fingerprint density at radius 1 is 1.56 bits per heavy atom. The van der Waals surface area contributed by atoms with Crippen molar-refractivity contribution in [3.63, 3.8) is 0 Å². The monoisotopic (exact) mass is 224 g/mol. The Kier molecular flexibility index (Phi) is 3.93. The zero-order valence-electron chi connectivity index (χ0n) is 10.4. The SMILES string of the molecule is Cc1nn(C)c(OCCC(C)C)c1C(=N)N. The molecule has 1 rings (SSSR count). The molecule has 3 N–H and O–H groups in total. The van der Waals surface area contributed by atoms with Gasteiger partial charge in [-0.1, -0.05) is 13.8 Å². The van der Waals surface area contributed by atoms with Crippen molar-refractivity contribution in [2.75, 3.05) is 6.61 Å². The van der Waals surface area contributed by atoms with Gasteiger partial charge in [0.1, 0.15) is 11.4 Å². The molecule has 1 heterocycles. The maximum absolute atomic E-state index is 7.49. The minimum Gasteiger partial charge on any atom is -0.477 e. The van der Waals surface area contributed by atoms with Crippen molar-refractivity contribution in [3.05, 3.63) is 11.3 Å². The lowest BCUT2D eigenvalue weighted by molar-refractivity contribution is 0.266. The Hall–Kier alpha value is -1.52. The molecule has 0 saturated carbocycles. The van der Waals surface area contributed by atoms with Crippen molar-refractivity contribution in [2.45, 2.75) is 27.2 Å². The van der Waals surface area contributed by atoms with Gasteiger partial charge in [0.2, 0.25) is 5.88 Å². The van der Waals surface area contributed by atoms with Crippen LogP contribution in [0.25, 0.3) is 0 Å². The maximum Gasteiger partial charge on any atom is 0.223 e. The first-order valence-electron chi connectivity index (χ1n) is 5.44. The summed E-state index contributed by atoms with van der Waals surface area (Å²) < 4.78 is 7.27. The maximum atomic E-state index is 7.49. The third-order valence-electron chi connectivity index (χ3n) is 2.37. The minimum absolute atomic E-state index is 0.00477. The highest BCUT2D eigenvalue weighted by atomic mass is 16.5. The fourth-order valence-corrected chi connectivity index (χ4v) is 1.50. The zero-order valence-corrected chi connectivity index (χ0v) is 10.4. The average molecular weight is 224 g/mol. The predicted molar refractivity (Wildman–Crippen MR) is 63.9 cm³/mol. The molecule has 0 aliphatic rings. The number of amidine groups is 1. The summed E-state index contributed by atoms with van der Waals surface area (Å²) in [5.74, 6) is 1.19. The van der Waals surface area contributed by atoms with Crippen LogP contribution in [0.2, 0.25) is 0 Å². The Morgan fingerprint density at radius 2 is 2.19 bits per heavy atom. The summed E-state index contributed by atoms with van der Waals surface area (Å²) in [4.78, 5) is 0. The Balaban J connectivity index is 2.82. The van der Waals surface area contributed by atoms with Crippen molar-refractivity contribution in [1.82, 2.24) is 9.78 Å². The van der Waals surface area contributed by atoms with E-state index in [1.54, 1.807) is 11.7 Å². The lowest BCUT2D eigenvalue weighted by Crippen LogP contribution is -2.14. The number of nitrogens with zero attached hydrogens (tertiary/aromatic N) is 2. The summed E-state index contributed by atoms with van der Waals surface area (Å²) in [6, 6.07) is 0. The quantitative estimate of drug-likeness (QED) is 0.587. The van der Waals surface area contributed by atoms with Gasteiger partial charge in [0.05, 0.1) is 12.3 Å². The van der Waals surface area contributed by atoms with Crippen molar-refractivity contribution in [3.8, 4) is 5.88 Å². The molecule has 0 atom stereocenters. The molecular formula is C11H20N4O. The highest BCUT2D eigenvalue weighted by Gasteiger charge is 2.16. The number of aryl methyl sites for hydroxylation is 2. The summed E-state index contributed by atoms with van der Waals surface area (Å²) in [5, 5.41) is 11.7. The van der Waals surface area contributed by atoms with Gasteiger partial charge < -0.3 is 10.5 Å². The van der Waals surface area contributed by atoms with E-state index in [0.29, 0.717) is 24.0 Å². The van der Waals surface area contributed by atoms with Gasteiger partial charge in [0, 0.05) is 7.05 Å². The van der Waals surface area contributed by atoms with Gasteiger partial charge in [-0.2, -0.15) is 5.10 Å². The molecule has 0 fully saturated rings. The van der Waals surface area contributed by atoms with Crippen molar-refractivity contribution in [2.24, 2.45) is 18.7 Å². The number of nitrogens with two attached hydrogens (primary N) is 1. The van der Waals surface area contributed by atoms with Crippen LogP contribution in [0, 0.1) is 18.3 Å². The first-order chi connectivity index (χ1) is 7.43. The van der Waals surface area contributed by atoms with E-state index in [0.717, 1.165) is 12.1 Å². The first kappa shape index (κ1) is 12.5. The van der Waals surface area contributed by atoms with Crippen LogP contribution in [0.4, 0.5) is 0 Å². The summed E-state index contributed by atoms with van der Waals surface area (Å²) in [5.41, 5.74) is 6.84. The molecule has 5 nitrogen and oxygen atoms in total. The average Bonchev–Trinajstić information content (AvgIpc) is 2.40. The second-order valence-electron chi connectivity index (χ2n) is 4.33. The normalized spacial score (nSPS) is 10.8. The van der Waals surface area contributed by atoms with Crippen LogP contribution >= 0.6 is 0 Å². The number of nitrogens with one attached hydrogen (secondary N) is 1. The van der Waals surface area contributed by atoms with E-state index in [-0.39, 0.29) is 5.84 Å². The third kappa shape index (κ3) is 2.74. The number of aromatic nitrogens is 2. The fourth-order valence-electron chi connectivity index (χ4n) is 1.50. The van der Waals surface area contributed by atoms with Gasteiger partial charge in [-0.3, -0.25) is 5.41 Å². The molecule has 0 amide bonds. The molecule has 0 radical (unpaired) electrons. The van der Waals surface area contributed by atoms with E-state index in [1.807, 2.05) is 6.92 Å². The molecule has 0 aliphatic heterocycles. The van der Waals surface area contributed by atoms with Crippen LogP contribution in [0.5, 0.6) is 5.88 Å². The lowest BCUT2D eigenvalue weighted by Gasteiger charge is -2.09. The number of hydrogen-bond donors (Lipinski definition) is 2. The third-order valence-corrected chi connectivity index (χ3v) is 2.37. The highest BCUT2D eigenvalue weighted by Crippen LogP contribution is 2.21. The van der Waals surface area contributed by atoms with Crippen LogP contribution in [-0.2, 0) is 7.05 Å². The Labute approximate surface area is 96.1 Å². The number of hydrogen-bond acceptors (Lipinski definition) is 3. The molecule has 0 aromatic carbocycles. The van der Waals surface area contributed by atoms with E-state index >= 15 is 0 Å². The van der Waals surface area contributed by atoms with Crippen LogP contribution in [0.15, 0.2) is 0 Å². The Morgan fingerprint density at radius 3 is 2.69 bits per heavy atom. The van der Waals surface area contributed by atoms with Crippen molar-refractivity contribution in [1.29, 1.82) is 5.41 Å². The van der Waals surface area contributed by atoms with Gasteiger partial charge >= 0.3 is 0 Å². The summed E-state index contributed by atoms with van der Waals surface area (Å²) in [6.45, 7) is 6.73. The van der Waals surface area contributed by atoms with Crippen molar-refractivity contribution < 1.29 is 4.74 Å². The molecular weight excluding hydrogens is 204 g/mol. The standard InChI is InChI=1S/C11H20N4O/c1-7(2)5-6-16-11-9(10(12)13)8(3)14-15(11)4/h7H,5-6H2,1-4H3,(H3,12,13). The molecule has 1 aromatic rings. The second kappa shape index (κ2) is 5.01. The summed E-state index contributed by atoms with van der Waals surface area (Å²) in [7, 11) is 1.80. The van der Waals surface area contributed by atoms with E-state index in [1.165, 1.54) is 0 Å². The predicted octanol–water partition coefficient (Wildman–Crippen LogP) is 1.44. The molecule has 0 aliphatic carbocycles. The Bertz CT molecular complexity index is 382. The minimum atomic E-state index is 0.00477. The molecule has 1 aromatic heterocycles. The van der Waals surface area contributed by atoms with Gasteiger partial charge in [-0.25, -0.2) is 4.68 Å². The highest BCUT2D eigenvalue weighted by molar-refractivity contribution is 5.98. The van der Waals surface area contributed by atoms with Crippen LogP contribution in [0.1, 0.15) is 31.5 Å². The molecule has 0 saturated heterocycles. The van der Waals surface area contributed by atoms with E-state index in [2.05, 4.69) is 18.9 Å². The second-order valence-corrected chi connectivity index (χ2v) is 4.33. The van der Waals surface area contributed by atoms with Crippen molar-refractivity contribution >= 4 is 5.84 Å². The summed E-state index contributed by atoms with van der Waals surface area (Å²) >= 11 is 0. The lowest BCUT2D eigenvalue weighted by atomic mass is 10.1. The smallest absolute Gasteiger partial charge is 0.223 e. The molecule has 0 spiro atoms. The largest absolute Gasteiger partial charge is 0.477 e. The molecule has 0 bridgehead atoms. The summed E-state index contributed by atoms with van der Waals surface area (Å²) in [6.07, 6.45) is 0.974.